The standard InChI is InChI=1S/C14H27N3O/c1-12(11-15)16-6-8-17(9-7-16)14(18)10-13-4-2-3-5-13/h12-13H,2-11,15H2,1H3. The highest BCUT2D eigenvalue weighted by Gasteiger charge is 2.26. The van der Waals surface area contributed by atoms with Gasteiger partial charge < -0.3 is 10.6 Å². The van der Waals surface area contributed by atoms with E-state index >= 15 is 0 Å². The summed E-state index contributed by atoms with van der Waals surface area (Å²) in [4.78, 5) is 16.6. The summed E-state index contributed by atoms with van der Waals surface area (Å²) in [5.74, 6) is 1.04. The van der Waals surface area contributed by atoms with E-state index in [1.807, 2.05) is 0 Å². The van der Waals surface area contributed by atoms with E-state index in [0.29, 0.717) is 24.4 Å². The minimum absolute atomic E-state index is 0.377. The van der Waals surface area contributed by atoms with Gasteiger partial charge in [0.25, 0.3) is 0 Å². The number of amides is 1. The summed E-state index contributed by atoms with van der Waals surface area (Å²) in [6, 6.07) is 0.442. The van der Waals surface area contributed by atoms with E-state index in [4.69, 9.17) is 5.73 Å². The second kappa shape index (κ2) is 6.53. The lowest BCUT2D eigenvalue weighted by molar-refractivity contribution is -0.134. The molecule has 0 aromatic heterocycles. The van der Waals surface area contributed by atoms with Crippen LogP contribution in [0, 0.1) is 5.92 Å². The van der Waals surface area contributed by atoms with Crippen molar-refractivity contribution in [3.63, 3.8) is 0 Å². The highest BCUT2D eigenvalue weighted by molar-refractivity contribution is 5.76. The predicted octanol–water partition coefficient (Wildman–Crippen LogP) is 1.06. The highest BCUT2D eigenvalue weighted by Crippen LogP contribution is 2.28. The van der Waals surface area contributed by atoms with Crippen molar-refractivity contribution in [2.24, 2.45) is 11.7 Å². The van der Waals surface area contributed by atoms with Crippen LogP contribution in [-0.2, 0) is 4.79 Å². The molecule has 1 aliphatic heterocycles. The molecule has 2 N–H and O–H groups in total. The zero-order valence-corrected chi connectivity index (χ0v) is 11.6. The molecule has 18 heavy (non-hydrogen) atoms. The number of hydrogen-bond donors (Lipinski definition) is 1. The Morgan fingerprint density at radius 3 is 2.39 bits per heavy atom. The molecule has 0 spiro atoms. The SMILES string of the molecule is CC(CN)N1CCN(C(=O)CC2CCCC2)CC1. The van der Waals surface area contributed by atoms with Gasteiger partial charge in [0.15, 0.2) is 0 Å². The van der Waals surface area contributed by atoms with Crippen LogP contribution in [0.1, 0.15) is 39.0 Å². The van der Waals surface area contributed by atoms with E-state index in [-0.39, 0.29) is 0 Å². The van der Waals surface area contributed by atoms with Gasteiger partial charge in [0.2, 0.25) is 5.91 Å². The van der Waals surface area contributed by atoms with Crippen molar-refractivity contribution in [2.45, 2.75) is 45.1 Å². The van der Waals surface area contributed by atoms with Crippen LogP contribution in [0.4, 0.5) is 0 Å². The lowest BCUT2D eigenvalue weighted by atomic mass is 10.0. The van der Waals surface area contributed by atoms with Gasteiger partial charge in [-0.3, -0.25) is 9.69 Å². The molecule has 1 saturated carbocycles. The molecule has 1 unspecified atom stereocenters. The first kappa shape index (κ1) is 13.8. The number of hydrogen-bond acceptors (Lipinski definition) is 3. The van der Waals surface area contributed by atoms with Gasteiger partial charge in [0.1, 0.15) is 0 Å². The summed E-state index contributed by atoms with van der Waals surface area (Å²) in [5, 5.41) is 0. The molecule has 0 aromatic carbocycles. The van der Waals surface area contributed by atoms with Crippen LogP contribution in [0.2, 0.25) is 0 Å². The normalized spacial score (nSPS) is 24.4. The highest BCUT2D eigenvalue weighted by atomic mass is 16.2. The fourth-order valence-electron chi connectivity index (χ4n) is 3.15. The zero-order chi connectivity index (χ0) is 13.0. The van der Waals surface area contributed by atoms with Crippen LogP contribution in [-0.4, -0.2) is 54.5 Å². The number of rotatable bonds is 4. The van der Waals surface area contributed by atoms with E-state index in [1.54, 1.807) is 0 Å². The topological polar surface area (TPSA) is 49.6 Å². The Labute approximate surface area is 110 Å². The zero-order valence-electron chi connectivity index (χ0n) is 11.6. The molecule has 1 heterocycles. The molecular formula is C14H27N3O. The van der Waals surface area contributed by atoms with Crippen molar-refractivity contribution in [2.75, 3.05) is 32.7 Å². The van der Waals surface area contributed by atoms with Crippen LogP contribution < -0.4 is 5.73 Å². The van der Waals surface area contributed by atoms with Gasteiger partial charge in [-0.05, 0) is 25.7 Å². The number of nitrogens with two attached hydrogens (primary N) is 1. The summed E-state index contributed by atoms with van der Waals surface area (Å²) in [6.45, 7) is 6.60. The molecule has 0 bridgehead atoms. The van der Waals surface area contributed by atoms with Gasteiger partial charge >= 0.3 is 0 Å². The quantitative estimate of drug-likeness (QED) is 0.815. The summed E-state index contributed by atoms with van der Waals surface area (Å²) < 4.78 is 0. The van der Waals surface area contributed by atoms with Crippen LogP contribution in [0.3, 0.4) is 0 Å². The van der Waals surface area contributed by atoms with Gasteiger partial charge in [0.05, 0.1) is 0 Å². The molecule has 1 amide bonds. The number of nitrogens with zero attached hydrogens (tertiary/aromatic N) is 2. The van der Waals surface area contributed by atoms with E-state index in [9.17, 15) is 4.79 Å². The summed E-state index contributed by atoms with van der Waals surface area (Å²) >= 11 is 0. The van der Waals surface area contributed by atoms with Gasteiger partial charge in [-0.1, -0.05) is 12.8 Å². The Morgan fingerprint density at radius 1 is 1.22 bits per heavy atom. The molecule has 2 aliphatic rings. The maximum Gasteiger partial charge on any atom is 0.222 e. The summed E-state index contributed by atoms with van der Waals surface area (Å²) in [6.07, 6.45) is 5.94. The van der Waals surface area contributed by atoms with Crippen molar-refractivity contribution in [3.05, 3.63) is 0 Å². The second-order valence-corrected chi connectivity index (χ2v) is 5.86. The van der Waals surface area contributed by atoms with Crippen LogP contribution in [0.5, 0.6) is 0 Å². The lowest BCUT2D eigenvalue weighted by Gasteiger charge is -2.38. The molecule has 1 aliphatic carbocycles. The van der Waals surface area contributed by atoms with E-state index in [1.165, 1.54) is 25.7 Å². The molecular weight excluding hydrogens is 226 g/mol. The van der Waals surface area contributed by atoms with Crippen molar-refractivity contribution in [1.29, 1.82) is 0 Å². The minimum atomic E-state index is 0.377. The third-order valence-electron chi connectivity index (χ3n) is 4.57. The number of piperazine rings is 1. The first-order valence-electron chi connectivity index (χ1n) is 7.42. The molecule has 4 heteroatoms. The van der Waals surface area contributed by atoms with Gasteiger partial charge in [-0.2, -0.15) is 0 Å². The molecule has 0 radical (unpaired) electrons. The van der Waals surface area contributed by atoms with E-state index < -0.39 is 0 Å². The maximum atomic E-state index is 12.2. The van der Waals surface area contributed by atoms with Gasteiger partial charge in [-0.25, -0.2) is 0 Å². The Morgan fingerprint density at radius 2 is 1.83 bits per heavy atom. The molecule has 104 valence electrons. The minimum Gasteiger partial charge on any atom is -0.340 e. The maximum absolute atomic E-state index is 12.2. The van der Waals surface area contributed by atoms with Crippen molar-refractivity contribution in [3.8, 4) is 0 Å². The second-order valence-electron chi connectivity index (χ2n) is 5.86. The largest absolute Gasteiger partial charge is 0.340 e. The third-order valence-corrected chi connectivity index (χ3v) is 4.57. The summed E-state index contributed by atoms with van der Waals surface area (Å²) in [7, 11) is 0. The first-order chi connectivity index (χ1) is 8.70. The monoisotopic (exact) mass is 253 g/mol. The molecule has 4 nitrogen and oxygen atoms in total. The van der Waals surface area contributed by atoms with Crippen LogP contribution in [0.25, 0.3) is 0 Å². The molecule has 2 fully saturated rings. The Kier molecular flexibility index (Phi) is 5.01. The molecule has 1 saturated heterocycles. The fraction of sp³-hybridized carbons (Fsp3) is 0.929. The van der Waals surface area contributed by atoms with Crippen LogP contribution in [0.15, 0.2) is 0 Å². The smallest absolute Gasteiger partial charge is 0.222 e. The summed E-state index contributed by atoms with van der Waals surface area (Å²) in [5.41, 5.74) is 5.68. The molecule has 2 rings (SSSR count). The Bertz CT molecular complexity index is 268. The van der Waals surface area contributed by atoms with Crippen LogP contribution >= 0.6 is 0 Å². The van der Waals surface area contributed by atoms with Crippen molar-refractivity contribution < 1.29 is 4.79 Å². The first-order valence-corrected chi connectivity index (χ1v) is 7.42. The third kappa shape index (κ3) is 3.45. The van der Waals surface area contributed by atoms with Gasteiger partial charge in [0, 0.05) is 45.2 Å². The number of carbonyl (C=O) groups excluding carboxylic acids is 1. The molecule has 0 aromatic rings. The number of carbonyl (C=O) groups is 1. The Hall–Kier alpha value is -0.610. The van der Waals surface area contributed by atoms with Crippen molar-refractivity contribution >= 4 is 5.91 Å². The lowest BCUT2D eigenvalue weighted by Crippen LogP contribution is -2.53. The van der Waals surface area contributed by atoms with Gasteiger partial charge in [-0.15, -0.1) is 0 Å². The molecule has 1 atom stereocenters. The predicted molar refractivity (Wildman–Crippen MR) is 73.2 cm³/mol. The average molecular weight is 253 g/mol. The van der Waals surface area contributed by atoms with E-state index in [0.717, 1.165) is 32.6 Å². The average Bonchev–Trinajstić information content (AvgIpc) is 2.91. The Balaban J connectivity index is 1.73. The fourth-order valence-corrected chi connectivity index (χ4v) is 3.15. The van der Waals surface area contributed by atoms with Crippen molar-refractivity contribution in [1.82, 2.24) is 9.80 Å². The van der Waals surface area contributed by atoms with E-state index in [2.05, 4.69) is 16.7 Å².